The first-order chi connectivity index (χ1) is 8.11. The van der Waals surface area contributed by atoms with Crippen molar-refractivity contribution in [1.82, 2.24) is 0 Å². The number of rotatable bonds is 6. The average Bonchev–Trinajstić information content (AvgIpc) is 2.16. The maximum atomic E-state index is 12.2. The second-order valence-electron chi connectivity index (χ2n) is 5.53. The highest BCUT2D eigenvalue weighted by atomic mass is 16.6. The Morgan fingerprint density at radius 1 is 1.28 bits per heavy atom. The second-order valence-corrected chi connectivity index (χ2v) is 5.53. The van der Waals surface area contributed by atoms with Crippen LogP contribution >= 0.6 is 0 Å². The number of carboxylic acid groups (broad SMARTS) is 1. The van der Waals surface area contributed by atoms with E-state index in [4.69, 9.17) is 10.5 Å². The molecule has 0 aliphatic heterocycles. The van der Waals surface area contributed by atoms with Crippen molar-refractivity contribution in [2.24, 2.45) is 11.1 Å². The van der Waals surface area contributed by atoms with Gasteiger partial charge in [0.15, 0.2) is 5.41 Å². The molecule has 0 rings (SSSR count). The van der Waals surface area contributed by atoms with Crippen LogP contribution in [-0.4, -0.2) is 28.7 Å². The summed E-state index contributed by atoms with van der Waals surface area (Å²) >= 11 is 0. The van der Waals surface area contributed by atoms with Gasteiger partial charge in [-0.05, 0) is 33.6 Å². The first kappa shape index (κ1) is 16.9. The summed E-state index contributed by atoms with van der Waals surface area (Å²) in [6.07, 6.45) is 1.32. The fourth-order valence-electron chi connectivity index (χ4n) is 1.88. The highest BCUT2D eigenvalue weighted by Gasteiger charge is 2.51. The largest absolute Gasteiger partial charge is 0.480 e. The van der Waals surface area contributed by atoms with Crippen molar-refractivity contribution < 1.29 is 19.4 Å². The molecule has 0 spiro atoms. The Morgan fingerprint density at radius 2 is 1.78 bits per heavy atom. The van der Waals surface area contributed by atoms with Crippen LogP contribution in [0.2, 0.25) is 0 Å². The number of carbonyl (C=O) groups is 2. The SMILES string of the molecule is CCCC(N)C(CC)(C(=O)O)C(=O)OC(C)(C)C. The van der Waals surface area contributed by atoms with Crippen LogP contribution in [0.5, 0.6) is 0 Å². The Hall–Kier alpha value is -1.10. The van der Waals surface area contributed by atoms with Crippen molar-refractivity contribution in [3.05, 3.63) is 0 Å². The number of nitrogens with two attached hydrogens (primary N) is 1. The summed E-state index contributed by atoms with van der Waals surface area (Å²) in [5.41, 5.74) is 3.54. The number of esters is 1. The van der Waals surface area contributed by atoms with Crippen LogP contribution < -0.4 is 5.73 Å². The fourth-order valence-corrected chi connectivity index (χ4v) is 1.88. The lowest BCUT2D eigenvalue weighted by Crippen LogP contribution is -2.54. The molecule has 2 unspecified atom stereocenters. The van der Waals surface area contributed by atoms with E-state index in [2.05, 4.69) is 0 Å². The van der Waals surface area contributed by atoms with E-state index in [-0.39, 0.29) is 6.42 Å². The third kappa shape index (κ3) is 3.70. The van der Waals surface area contributed by atoms with Crippen LogP contribution in [0.25, 0.3) is 0 Å². The normalized spacial score (nSPS) is 16.8. The van der Waals surface area contributed by atoms with Crippen molar-refractivity contribution in [3.63, 3.8) is 0 Å². The molecule has 0 aliphatic carbocycles. The monoisotopic (exact) mass is 259 g/mol. The molecule has 106 valence electrons. The molecular weight excluding hydrogens is 234 g/mol. The van der Waals surface area contributed by atoms with E-state index in [0.29, 0.717) is 6.42 Å². The molecule has 0 saturated carbocycles. The summed E-state index contributed by atoms with van der Waals surface area (Å²) in [6.45, 7) is 8.67. The van der Waals surface area contributed by atoms with Gasteiger partial charge < -0.3 is 15.6 Å². The number of aliphatic carboxylic acids is 1. The quantitative estimate of drug-likeness (QED) is 0.562. The van der Waals surface area contributed by atoms with E-state index < -0.39 is 29.0 Å². The summed E-state index contributed by atoms with van der Waals surface area (Å²) in [6, 6.07) is -0.736. The number of ether oxygens (including phenoxy) is 1. The maximum absolute atomic E-state index is 12.2. The van der Waals surface area contributed by atoms with Crippen molar-refractivity contribution in [3.8, 4) is 0 Å². The van der Waals surface area contributed by atoms with Crippen LogP contribution in [-0.2, 0) is 14.3 Å². The van der Waals surface area contributed by atoms with Gasteiger partial charge in [0.2, 0.25) is 0 Å². The van der Waals surface area contributed by atoms with Gasteiger partial charge in [0.25, 0.3) is 0 Å². The molecule has 18 heavy (non-hydrogen) atoms. The minimum Gasteiger partial charge on any atom is -0.480 e. The lowest BCUT2D eigenvalue weighted by Gasteiger charge is -2.34. The van der Waals surface area contributed by atoms with Gasteiger partial charge in [-0.25, -0.2) is 0 Å². The first-order valence-corrected chi connectivity index (χ1v) is 6.34. The lowest BCUT2D eigenvalue weighted by molar-refractivity contribution is -0.179. The van der Waals surface area contributed by atoms with Crippen molar-refractivity contribution >= 4 is 11.9 Å². The van der Waals surface area contributed by atoms with Gasteiger partial charge in [-0.1, -0.05) is 20.3 Å². The number of carboxylic acids is 1. The molecule has 0 aromatic rings. The van der Waals surface area contributed by atoms with Crippen LogP contribution in [0.4, 0.5) is 0 Å². The lowest BCUT2D eigenvalue weighted by atomic mass is 9.76. The van der Waals surface area contributed by atoms with Crippen LogP contribution in [0.15, 0.2) is 0 Å². The van der Waals surface area contributed by atoms with E-state index >= 15 is 0 Å². The van der Waals surface area contributed by atoms with Crippen molar-refractivity contribution in [2.75, 3.05) is 0 Å². The molecule has 0 bridgehead atoms. The molecule has 0 aromatic carbocycles. The van der Waals surface area contributed by atoms with Crippen LogP contribution in [0.3, 0.4) is 0 Å². The van der Waals surface area contributed by atoms with E-state index in [0.717, 1.165) is 6.42 Å². The van der Waals surface area contributed by atoms with Gasteiger partial charge in [0, 0.05) is 6.04 Å². The number of hydrogen-bond donors (Lipinski definition) is 2. The molecule has 0 aromatic heterocycles. The van der Waals surface area contributed by atoms with Gasteiger partial charge in [0.1, 0.15) is 5.60 Å². The average molecular weight is 259 g/mol. The van der Waals surface area contributed by atoms with E-state index in [1.54, 1.807) is 27.7 Å². The predicted molar refractivity (Wildman–Crippen MR) is 69.1 cm³/mol. The summed E-state index contributed by atoms with van der Waals surface area (Å²) < 4.78 is 5.22. The first-order valence-electron chi connectivity index (χ1n) is 6.34. The Kier molecular flexibility index (Phi) is 5.80. The molecule has 0 aliphatic rings. The van der Waals surface area contributed by atoms with Crippen LogP contribution in [0.1, 0.15) is 53.9 Å². The minimum atomic E-state index is -1.65. The molecule has 5 nitrogen and oxygen atoms in total. The third-order valence-electron chi connectivity index (χ3n) is 2.94. The Bertz CT molecular complexity index is 309. The molecule has 2 atom stereocenters. The second kappa shape index (κ2) is 6.18. The molecule has 0 heterocycles. The zero-order valence-corrected chi connectivity index (χ0v) is 11.9. The number of carbonyl (C=O) groups excluding carboxylic acids is 1. The molecule has 0 radical (unpaired) electrons. The molecular formula is C13H25NO4. The molecule has 5 heteroatoms. The summed E-state index contributed by atoms with van der Waals surface area (Å²) in [7, 11) is 0. The molecule has 0 amide bonds. The smallest absolute Gasteiger partial charge is 0.325 e. The van der Waals surface area contributed by atoms with Crippen molar-refractivity contribution in [1.29, 1.82) is 0 Å². The van der Waals surface area contributed by atoms with Gasteiger partial charge in [0.05, 0.1) is 0 Å². The minimum absolute atomic E-state index is 0.123. The maximum Gasteiger partial charge on any atom is 0.325 e. The highest BCUT2D eigenvalue weighted by Crippen LogP contribution is 2.32. The summed E-state index contributed by atoms with van der Waals surface area (Å²) in [4.78, 5) is 23.7. The fraction of sp³-hybridized carbons (Fsp3) is 0.846. The van der Waals surface area contributed by atoms with Gasteiger partial charge in [-0.15, -0.1) is 0 Å². The summed E-state index contributed by atoms with van der Waals surface area (Å²) in [5, 5.41) is 9.41. The summed E-state index contributed by atoms with van der Waals surface area (Å²) in [5.74, 6) is -1.95. The standard InChI is InChI=1S/C13H25NO4/c1-6-8-9(14)13(7-2,10(15)16)11(17)18-12(3,4)5/h9H,6-8,14H2,1-5H3,(H,15,16). The Labute approximate surface area is 109 Å². The third-order valence-corrected chi connectivity index (χ3v) is 2.94. The van der Waals surface area contributed by atoms with E-state index in [1.165, 1.54) is 0 Å². The Morgan fingerprint density at radius 3 is 2.06 bits per heavy atom. The van der Waals surface area contributed by atoms with Crippen LogP contribution in [0, 0.1) is 5.41 Å². The molecule has 0 fully saturated rings. The van der Waals surface area contributed by atoms with Gasteiger partial charge in [-0.3, -0.25) is 9.59 Å². The zero-order valence-electron chi connectivity index (χ0n) is 11.9. The van der Waals surface area contributed by atoms with E-state index in [1.807, 2.05) is 6.92 Å². The van der Waals surface area contributed by atoms with Crippen molar-refractivity contribution in [2.45, 2.75) is 65.5 Å². The Balaban J connectivity index is 5.33. The molecule has 3 N–H and O–H groups in total. The van der Waals surface area contributed by atoms with E-state index in [9.17, 15) is 14.7 Å². The van der Waals surface area contributed by atoms with Gasteiger partial charge >= 0.3 is 11.9 Å². The number of hydrogen-bond acceptors (Lipinski definition) is 4. The highest BCUT2D eigenvalue weighted by molar-refractivity contribution is 6.00. The molecule has 0 saturated heterocycles. The zero-order chi connectivity index (χ0) is 14.6. The van der Waals surface area contributed by atoms with Gasteiger partial charge in [-0.2, -0.15) is 0 Å². The topological polar surface area (TPSA) is 89.6 Å². The predicted octanol–water partition coefficient (Wildman–Crippen LogP) is 1.94.